The number of hydrogen-bond acceptors (Lipinski definition) is 7. The Morgan fingerprint density at radius 2 is 1.96 bits per heavy atom. The van der Waals surface area contributed by atoms with Crippen molar-refractivity contribution in [2.24, 2.45) is 5.73 Å². The van der Waals surface area contributed by atoms with Gasteiger partial charge in [0.15, 0.2) is 6.29 Å². The van der Waals surface area contributed by atoms with Crippen molar-refractivity contribution in [2.45, 2.75) is 51.9 Å². The van der Waals surface area contributed by atoms with Crippen molar-refractivity contribution in [2.75, 3.05) is 30.3 Å². The molecule has 1 saturated heterocycles. The fourth-order valence-electron chi connectivity index (χ4n) is 3.47. The van der Waals surface area contributed by atoms with Crippen LogP contribution in [0.15, 0.2) is 27.9 Å². The fraction of sp³-hybridized carbons (Fsp3) is 0.579. The molecule has 0 radical (unpaired) electrons. The lowest BCUT2D eigenvalue weighted by atomic mass is 10.1. The molecule has 1 aromatic rings. The number of nitrogens with one attached hydrogen (secondary N) is 3. The van der Waals surface area contributed by atoms with E-state index in [1.165, 1.54) is 0 Å². The topological polar surface area (TPSA) is 91.1 Å². The normalized spacial score (nSPS) is 20.0. The number of likely N-dealkylation sites (tertiary alicyclic amines) is 1. The van der Waals surface area contributed by atoms with Gasteiger partial charge in [0, 0.05) is 41.6 Å². The third-order valence-corrected chi connectivity index (χ3v) is 5.87. The van der Waals surface area contributed by atoms with Crippen LogP contribution in [0.3, 0.4) is 0 Å². The summed E-state index contributed by atoms with van der Waals surface area (Å²) in [5.74, 6) is 1.32. The molecule has 0 aromatic carbocycles. The number of anilines is 2. The number of aryl methyl sites for hydroxylation is 1. The van der Waals surface area contributed by atoms with Crippen LogP contribution in [0.1, 0.15) is 38.3 Å². The lowest BCUT2D eigenvalue weighted by Crippen LogP contribution is -2.44. The average molecular weight is 426 g/mol. The Balaban J connectivity index is 1.58. The molecular formula is C19H29Cl2N7. The Kier molecular flexibility index (Phi) is 7.40. The Hall–Kier alpha value is -1.54. The van der Waals surface area contributed by atoms with E-state index >= 15 is 0 Å². The van der Waals surface area contributed by atoms with Crippen LogP contribution < -0.4 is 21.7 Å². The van der Waals surface area contributed by atoms with Crippen LogP contribution in [0.4, 0.5) is 11.8 Å². The minimum absolute atomic E-state index is 0.433. The molecule has 1 aliphatic heterocycles. The van der Waals surface area contributed by atoms with Gasteiger partial charge >= 0.3 is 0 Å². The summed E-state index contributed by atoms with van der Waals surface area (Å²) in [6.07, 6.45) is 4.98. The zero-order valence-electron chi connectivity index (χ0n) is 16.4. The molecule has 9 heteroatoms. The molecule has 1 aromatic heterocycles. The van der Waals surface area contributed by atoms with Gasteiger partial charge in [-0.3, -0.25) is 5.73 Å². The zero-order chi connectivity index (χ0) is 20.1. The Morgan fingerprint density at radius 1 is 1.21 bits per heavy atom. The van der Waals surface area contributed by atoms with Crippen molar-refractivity contribution in [1.82, 2.24) is 20.2 Å². The summed E-state index contributed by atoms with van der Waals surface area (Å²) >= 11 is 12.1. The van der Waals surface area contributed by atoms with Crippen LogP contribution in [-0.2, 0) is 0 Å². The number of halogens is 2. The summed E-state index contributed by atoms with van der Waals surface area (Å²) in [6.45, 7) is 7.51. The Labute approximate surface area is 176 Å². The van der Waals surface area contributed by atoms with Crippen molar-refractivity contribution in [3.8, 4) is 0 Å². The van der Waals surface area contributed by atoms with Crippen molar-refractivity contribution < 1.29 is 0 Å². The second-order valence-corrected chi connectivity index (χ2v) is 8.12. The molecule has 154 valence electrons. The molecule has 2 aliphatic rings. The Morgan fingerprint density at radius 3 is 2.64 bits per heavy atom. The maximum atomic E-state index is 6.17. The second kappa shape index (κ2) is 9.78. The molecule has 7 nitrogen and oxygen atoms in total. The highest BCUT2D eigenvalue weighted by molar-refractivity contribution is 6.40. The molecule has 0 bridgehead atoms. The first kappa shape index (κ1) is 21.2. The quantitative estimate of drug-likeness (QED) is 0.498. The van der Waals surface area contributed by atoms with Gasteiger partial charge in [0.1, 0.15) is 5.82 Å². The van der Waals surface area contributed by atoms with E-state index in [0.717, 1.165) is 56.1 Å². The van der Waals surface area contributed by atoms with Gasteiger partial charge in [0.05, 0.1) is 5.03 Å². The van der Waals surface area contributed by atoms with E-state index in [2.05, 4.69) is 37.7 Å². The molecule has 2 heterocycles. The van der Waals surface area contributed by atoms with Crippen LogP contribution in [0.5, 0.6) is 0 Å². The molecule has 0 spiro atoms. The number of allylic oxidation sites excluding steroid dienone is 4. The van der Waals surface area contributed by atoms with Gasteiger partial charge < -0.3 is 20.9 Å². The Bertz CT molecular complexity index is 742. The minimum Gasteiger partial charge on any atom is -0.367 e. The fourth-order valence-corrected chi connectivity index (χ4v) is 3.84. The zero-order valence-corrected chi connectivity index (χ0v) is 17.9. The summed E-state index contributed by atoms with van der Waals surface area (Å²) < 4.78 is 0. The van der Waals surface area contributed by atoms with Crippen molar-refractivity contribution >= 4 is 35.0 Å². The van der Waals surface area contributed by atoms with Gasteiger partial charge in [-0.05, 0) is 45.2 Å². The molecule has 28 heavy (non-hydrogen) atoms. The van der Waals surface area contributed by atoms with Crippen LogP contribution in [0, 0.1) is 6.92 Å². The number of rotatable bonds is 7. The maximum Gasteiger partial charge on any atom is 0.227 e. The summed E-state index contributed by atoms with van der Waals surface area (Å²) in [5.41, 5.74) is 7.99. The van der Waals surface area contributed by atoms with Gasteiger partial charge in [-0.1, -0.05) is 30.1 Å². The van der Waals surface area contributed by atoms with E-state index in [9.17, 15) is 0 Å². The first-order valence-corrected chi connectivity index (χ1v) is 10.6. The highest BCUT2D eigenvalue weighted by Crippen LogP contribution is 2.27. The summed E-state index contributed by atoms with van der Waals surface area (Å²) in [4.78, 5) is 11.5. The lowest BCUT2D eigenvalue weighted by molar-refractivity contribution is 0.229. The first-order valence-electron chi connectivity index (χ1n) is 9.81. The highest BCUT2D eigenvalue weighted by atomic mass is 35.5. The van der Waals surface area contributed by atoms with Gasteiger partial charge in [0.25, 0.3) is 0 Å². The predicted octanol–water partition coefficient (Wildman–Crippen LogP) is 3.29. The van der Waals surface area contributed by atoms with Crippen LogP contribution in [0.25, 0.3) is 0 Å². The number of nitrogens with two attached hydrogens (primary N) is 1. The highest BCUT2D eigenvalue weighted by Gasteiger charge is 2.19. The maximum absolute atomic E-state index is 6.17. The van der Waals surface area contributed by atoms with E-state index < -0.39 is 6.29 Å². The van der Waals surface area contributed by atoms with Crippen LogP contribution in [-0.4, -0.2) is 46.8 Å². The molecule has 3 rings (SSSR count). The number of hydrogen-bond donors (Lipinski definition) is 4. The molecule has 5 N–H and O–H groups in total. The van der Waals surface area contributed by atoms with Gasteiger partial charge in [-0.25, -0.2) is 4.98 Å². The summed E-state index contributed by atoms with van der Waals surface area (Å²) in [7, 11) is 0. The van der Waals surface area contributed by atoms with Crippen LogP contribution in [0.2, 0.25) is 0 Å². The number of aromatic nitrogens is 2. The monoisotopic (exact) mass is 425 g/mol. The molecule has 1 aliphatic carbocycles. The van der Waals surface area contributed by atoms with E-state index in [0.29, 0.717) is 28.5 Å². The van der Waals surface area contributed by atoms with E-state index in [-0.39, 0.29) is 0 Å². The average Bonchev–Trinajstić information content (AvgIpc) is 2.65. The van der Waals surface area contributed by atoms with Crippen LogP contribution >= 0.6 is 23.2 Å². The first-order chi connectivity index (χ1) is 13.4. The smallest absolute Gasteiger partial charge is 0.227 e. The standard InChI is InChI=1S/C19H29Cl2N7/c1-3-28-8-6-13(7-9-28)24-17-10-12(2)23-19(26-17)27-18(22)25-14-4-5-15(20)16(21)11-14/h10-11,13,18,25H,3-9,22H2,1-2H3,(H2,23,24,26,27). The third-order valence-electron chi connectivity index (χ3n) is 5.04. The molecular weight excluding hydrogens is 397 g/mol. The van der Waals surface area contributed by atoms with E-state index in [1.807, 2.05) is 19.1 Å². The van der Waals surface area contributed by atoms with E-state index in [4.69, 9.17) is 28.9 Å². The number of nitrogens with zero attached hydrogens (tertiary/aromatic N) is 3. The molecule has 0 saturated carbocycles. The van der Waals surface area contributed by atoms with Gasteiger partial charge in [-0.15, -0.1) is 0 Å². The SMILES string of the molecule is CCN1CCC(Nc2cc(C)nc(NC(N)NC3=CC(Cl)=C(Cl)CC3)n2)CC1. The largest absolute Gasteiger partial charge is 0.367 e. The van der Waals surface area contributed by atoms with Crippen molar-refractivity contribution in [3.05, 3.63) is 33.6 Å². The third kappa shape index (κ3) is 5.98. The summed E-state index contributed by atoms with van der Waals surface area (Å²) in [5, 5.41) is 11.1. The minimum atomic E-state index is -0.532. The molecule has 1 fully saturated rings. The lowest BCUT2D eigenvalue weighted by Gasteiger charge is -2.31. The van der Waals surface area contributed by atoms with Crippen molar-refractivity contribution in [3.63, 3.8) is 0 Å². The summed E-state index contributed by atoms with van der Waals surface area (Å²) in [6, 6.07) is 2.40. The number of piperidine rings is 1. The van der Waals surface area contributed by atoms with Gasteiger partial charge in [0.2, 0.25) is 5.95 Å². The predicted molar refractivity (Wildman–Crippen MR) is 116 cm³/mol. The van der Waals surface area contributed by atoms with Crippen molar-refractivity contribution in [1.29, 1.82) is 0 Å². The second-order valence-electron chi connectivity index (χ2n) is 7.26. The van der Waals surface area contributed by atoms with Gasteiger partial charge in [-0.2, -0.15) is 4.98 Å². The molecule has 1 atom stereocenters. The van der Waals surface area contributed by atoms with E-state index in [1.54, 1.807) is 0 Å². The molecule has 0 amide bonds. The molecule has 1 unspecified atom stereocenters.